The lowest BCUT2D eigenvalue weighted by atomic mass is 9.48. The number of hydrogen-bond donors (Lipinski definition) is 1. The molecule has 7 atom stereocenters. The summed E-state index contributed by atoms with van der Waals surface area (Å²) in [4.78, 5) is 24.0. The first-order valence-corrected chi connectivity index (χ1v) is 9.39. The van der Waals surface area contributed by atoms with Crippen molar-refractivity contribution in [3.8, 4) is 0 Å². The fourth-order valence-corrected chi connectivity index (χ4v) is 6.69. The molecule has 0 saturated heterocycles. The van der Waals surface area contributed by atoms with Crippen LogP contribution < -0.4 is 0 Å². The molecular formula is C21H28O3. The SMILES string of the molecule is CC(=O)[C@H]1C[C@H](O)[C@H]2[C@@H]3C=CC4=CC(=O)CC[C@]4(C)[C@H]3CC[C@@]21C. The number of hydrogen-bond acceptors (Lipinski definition) is 3. The molecule has 3 heteroatoms. The second-order valence-corrected chi connectivity index (χ2v) is 9.06. The van der Waals surface area contributed by atoms with Crippen LogP contribution in [-0.4, -0.2) is 22.8 Å². The molecule has 0 unspecified atom stereocenters. The lowest BCUT2D eigenvalue weighted by Crippen LogP contribution is -2.51. The molecule has 130 valence electrons. The molecule has 3 nitrogen and oxygen atoms in total. The summed E-state index contributed by atoms with van der Waals surface area (Å²) >= 11 is 0. The van der Waals surface area contributed by atoms with E-state index in [0.717, 1.165) is 19.3 Å². The molecule has 0 radical (unpaired) electrons. The Kier molecular flexibility index (Phi) is 3.48. The third-order valence-corrected chi connectivity index (χ3v) is 8.00. The average Bonchev–Trinajstić information content (AvgIpc) is 2.80. The summed E-state index contributed by atoms with van der Waals surface area (Å²) in [6, 6.07) is 0. The Balaban J connectivity index is 1.76. The van der Waals surface area contributed by atoms with Crippen LogP contribution in [0.1, 0.15) is 52.9 Å². The van der Waals surface area contributed by atoms with Gasteiger partial charge >= 0.3 is 0 Å². The molecule has 4 rings (SSSR count). The number of Topliss-reactive ketones (excluding diaryl/α,β-unsaturated/α-hetero) is 1. The molecule has 0 aromatic rings. The van der Waals surface area contributed by atoms with Gasteiger partial charge < -0.3 is 5.11 Å². The van der Waals surface area contributed by atoms with E-state index in [1.807, 2.05) is 6.08 Å². The Morgan fingerprint density at radius 2 is 2.04 bits per heavy atom. The van der Waals surface area contributed by atoms with E-state index < -0.39 is 0 Å². The first kappa shape index (κ1) is 16.3. The maximum Gasteiger partial charge on any atom is 0.156 e. The Hall–Kier alpha value is -1.22. The molecule has 0 bridgehead atoms. The molecule has 0 aromatic heterocycles. The maximum atomic E-state index is 12.2. The van der Waals surface area contributed by atoms with E-state index in [2.05, 4.69) is 26.0 Å². The highest BCUT2D eigenvalue weighted by Crippen LogP contribution is 2.65. The van der Waals surface area contributed by atoms with E-state index in [9.17, 15) is 14.7 Å². The van der Waals surface area contributed by atoms with E-state index in [-0.39, 0.29) is 40.3 Å². The summed E-state index contributed by atoms with van der Waals surface area (Å²) in [7, 11) is 0. The van der Waals surface area contributed by atoms with Gasteiger partial charge in [0.1, 0.15) is 5.78 Å². The van der Waals surface area contributed by atoms with Crippen molar-refractivity contribution in [2.75, 3.05) is 0 Å². The van der Waals surface area contributed by atoms with Crippen molar-refractivity contribution in [2.45, 2.75) is 59.0 Å². The Morgan fingerprint density at radius 1 is 1.29 bits per heavy atom. The monoisotopic (exact) mass is 328 g/mol. The van der Waals surface area contributed by atoms with Crippen molar-refractivity contribution in [3.63, 3.8) is 0 Å². The highest BCUT2D eigenvalue weighted by molar-refractivity contribution is 5.92. The van der Waals surface area contributed by atoms with Crippen molar-refractivity contribution in [1.29, 1.82) is 0 Å². The third-order valence-electron chi connectivity index (χ3n) is 8.00. The van der Waals surface area contributed by atoms with Crippen LogP contribution in [0.15, 0.2) is 23.8 Å². The van der Waals surface area contributed by atoms with Crippen molar-refractivity contribution >= 4 is 11.6 Å². The number of allylic oxidation sites excluding steroid dienone is 4. The van der Waals surface area contributed by atoms with Crippen molar-refractivity contribution in [2.24, 2.45) is 34.5 Å². The molecule has 0 spiro atoms. The molecule has 24 heavy (non-hydrogen) atoms. The summed E-state index contributed by atoms with van der Waals surface area (Å²) in [5.74, 6) is 1.41. The van der Waals surface area contributed by atoms with Crippen LogP contribution in [0.25, 0.3) is 0 Å². The average molecular weight is 328 g/mol. The van der Waals surface area contributed by atoms with Gasteiger partial charge in [0.05, 0.1) is 6.10 Å². The van der Waals surface area contributed by atoms with Gasteiger partial charge in [-0.15, -0.1) is 0 Å². The van der Waals surface area contributed by atoms with Gasteiger partial charge in [0.2, 0.25) is 0 Å². The van der Waals surface area contributed by atoms with Crippen molar-refractivity contribution in [1.82, 2.24) is 0 Å². The van der Waals surface area contributed by atoms with Crippen molar-refractivity contribution in [3.05, 3.63) is 23.8 Å². The van der Waals surface area contributed by atoms with Gasteiger partial charge in [-0.05, 0) is 72.8 Å². The molecule has 0 amide bonds. The number of fused-ring (bicyclic) bond motifs is 5. The first-order valence-electron chi connectivity index (χ1n) is 9.39. The van der Waals surface area contributed by atoms with Crippen molar-refractivity contribution < 1.29 is 14.7 Å². The van der Waals surface area contributed by atoms with Gasteiger partial charge in [-0.1, -0.05) is 26.0 Å². The summed E-state index contributed by atoms with van der Waals surface area (Å²) in [6.07, 6.45) is 10.1. The highest BCUT2D eigenvalue weighted by Gasteiger charge is 2.61. The minimum atomic E-state index is -0.388. The molecule has 0 heterocycles. The first-order chi connectivity index (χ1) is 11.3. The van der Waals surface area contributed by atoms with E-state index in [1.165, 1.54) is 5.57 Å². The van der Waals surface area contributed by atoms with Gasteiger partial charge in [0.25, 0.3) is 0 Å². The predicted molar refractivity (Wildman–Crippen MR) is 92.2 cm³/mol. The highest BCUT2D eigenvalue weighted by atomic mass is 16.3. The number of rotatable bonds is 1. The fourth-order valence-electron chi connectivity index (χ4n) is 6.69. The Labute approximate surface area is 144 Å². The van der Waals surface area contributed by atoms with Gasteiger partial charge in [0, 0.05) is 12.3 Å². The number of carbonyl (C=O) groups is 2. The molecule has 0 aliphatic heterocycles. The van der Waals surface area contributed by atoms with Crippen LogP contribution in [0.4, 0.5) is 0 Å². The lowest BCUT2D eigenvalue weighted by molar-refractivity contribution is -0.127. The predicted octanol–water partition coefficient (Wildman–Crippen LogP) is 3.47. The van der Waals surface area contributed by atoms with E-state index in [1.54, 1.807) is 6.92 Å². The van der Waals surface area contributed by atoms with Gasteiger partial charge in [-0.25, -0.2) is 0 Å². The number of aliphatic hydroxyl groups excluding tert-OH is 1. The zero-order chi connectivity index (χ0) is 17.3. The third kappa shape index (κ3) is 2.00. The van der Waals surface area contributed by atoms with Gasteiger partial charge in [-0.2, -0.15) is 0 Å². The summed E-state index contributed by atoms with van der Waals surface area (Å²) < 4.78 is 0. The maximum absolute atomic E-state index is 12.2. The molecule has 4 aliphatic rings. The molecular weight excluding hydrogens is 300 g/mol. The second-order valence-electron chi connectivity index (χ2n) is 9.06. The lowest BCUT2D eigenvalue weighted by Gasteiger charge is -2.56. The number of ketones is 2. The Morgan fingerprint density at radius 3 is 2.75 bits per heavy atom. The largest absolute Gasteiger partial charge is 0.393 e. The zero-order valence-corrected chi connectivity index (χ0v) is 14.9. The van der Waals surface area contributed by atoms with Gasteiger partial charge in [-0.3, -0.25) is 9.59 Å². The van der Waals surface area contributed by atoms with Crippen LogP contribution in [0, 0.1) is 34.5 Å². The number of carbonyl (C=O) groups excluding carboxylic acids is 2. The summed E-state index contributed by atoms with van der Waals surface area (Å²) in [5, 5.41) is 10.8. The normalized spacial score (nSPS) is 49.9. The van der Waals surface area contributed by atoms with Crippen LogP contribution in [0.5, 0.6) is 0 Å². The van der Waals surface area contributed by atoms with Crippen LogP contribution >= 0.6 is 0 Å². The van der Waals surface area contributed by atoms with E-state index in [0.29, 0.717) is 24.7 Å². The standard InChI is InChI=1S/C21H28O3/c1-12(22)17-11-18(24)19-15-5-4-13-10-14(23)6-8-20(13,2)16(15)7-9-21(17,19)3/h4-5,10,15-19,24H,6-9,11H2,1-3H3/t15-,16+,17-,18+,19-,20+,21-/m1/s1. The summed E-state index contributed by atoms with van der Waals surface area (Å²) in [6.45, 7) is 6.21. The molecule has 1 N–H and O–H groups in total. The zero-order valence-electron chi connectivity index (χ0n) is 14.9. The smallest absolute Gasteiger partial charge is 0.156 e. The molecule has 4 aliphatic carbocycles. The quantitative estimate of drug-likeness (QED) is 0.802. The Bertz CT molecular complexity index is 660. The topological polar surface area (TPSA) is 54.4 Å². The minimum Gasteiger partial charge on any atom is -0.393 e. The van der Waals surface area contributed by atoms with Crippen LogP contribution in [0.2, 0.25) is 0 Å². The molecule has 2 fully saturated rings. The van der Waals surface area contributed by atoms with Gasteiger partial charge in [0.15, 0.2) is 5.78 Å². The van der Waals surface area contributed by atoms with E-state index in [4.69, 9.17) is 0 Å². The second kappa shape index (κ2) is 5.14. The van der Waals surface area contributed by atoms with Crippen LogP contribution in [-0.2, 0) is 9.59 Å². The van der Waals surface area contributed by atoms with Crippen LogP contribution in [0.3, 0.4) is 0 Å². The van der Waals surface area contributed by atoms with E-state index >= 15 is 0 Å². The molecule has 2 saturated carbocycles. The molecule has 0 aromatic carbocycles. The minimum absolute atomic E-state index is 0.00970. The summed E-state index contributed by atoms with van der Waals surface area (Å²) in [5.41, 5.74) is 1.14. The number of aliphatic hydroxyl groups is 1. The fraction of sp³-hybridized carbons (Fsp3) is 0.714.